The highest BCUT2D eigenvalue weighted by atomic mass is 19.1. The van der Waals surface area contributed by atoms with Crippen LogP contribution in [0.25, 0.3) is 0 Å². The van der Waals surface area contributed by atoms with Crippen LogP contribution in [0.2, 0.25) is 0 Å². The van der Waals surface area contributed by atoms with E-state index in [1.165, 1.54) is 29.8 Å². The lowest BCUT2D eigenvalue weighted by Crippen LogP contribution is -2.47. The number of carbonyl (C=O) groups is 2. The minimum atomic E-state index is -0.382. The lowest BCUT2D eigenvalue weighted by Gasteiger charge is -2.32. The third-order valence-corrected chi connectivity index (χ3v) is 4.08. The van der Waals surface area contributed by atoms with Gasteiger partial charge in [-0.3, -0.25) is 9.59 Å². The topological polar surface area (TPSA) is 66.4 Å². The van der Waals surface area contributed by atoms with E-state index in [0.29, 0.717) is 18.4 Å². The fourth-order valence-corrected chi connectivity index (χ4v) is 2.73. The molecule has 1 saturated heterocycles. The number of carbonyl (C=O) groups excluding carboxylic acids is 2. The highest BCUT2D eigenvalue weighted by molar-refractivity contribution is 5.97. The molecule has 0 aromatic heterocycles. The van der Waals surface area contributed by atoms with Crippen molar-refractivity contribution in [3.8, 4) is 0 Å². The van der Waals surface area contributed by atoms with Gasteiger partial charge < -0.3 is 10.4 Å². The number of ketones is 1. The number of hydrogen-bond donors (Lipinski definition) is 2. The summed E-state index contributed by atoms with van der Waals surface area (Å²) in [5.41, 5.74) is 3.38. The van der Waals surface area contributed by atoms with Crippen LogP contribution < -0.4 is 5.32 Å². The number of halogens is 1. The van der Waals surface area contributed by atoms with Crippen LogP contribution in [-0.2, 0) is 4.79 Å². The molecule has 3 rings (SSSR count). The standard InChI is InChI=1S/C18H16FNO3.C4H8.C3H6.C2H6/c19-13-5-1-11(2-6-13)16(22)10-9-15-17(20-18(15)23)12-3-7-14(21)8-4-12;1-4(2)3;1-3-2;1-2/h1-3,5-8,15,21H,4,9-10H2,(H,20,23);1H2,2-3H3;3H,1H2,2H3;1-2H3/b17-12+;;;/t15-;;;/m1.../s1. The Labute approximate surface area is 191 Å². The van der Waals surface area contributed by atoms with E-state index >= 15 is 0 Å². The number of amides is 1. The van der Waals surface area contributed by atoms with Crippen molar-refractivity contribution in [2.24, 2.45) is 5.92 Å². The number of Topliss-reactive ketones (excluding diaryl/α,β-unsaturated/α-hetero) is 1. The zero-order chi connectivity index (χ0) is 24.7. The van der Waals surface area contributed by atoms with E-state index in [9.17, 15) is 19.1 Å². The van der Waals surface area contributed by atoms with Crippen LogP contribution in [0.1, 0.15) is 64.2 Å². The zero-order valence-corrected chi connectivity index (χ0v) is 19.9. The van der Waals surface area contributed by atoms with Crippen molar-refractivity contribution in [2.45, 2.75) is 53.9 Å². The first-order valence-electron chi connectivity index (χ1n) is 10.8. The highest BCUT2D eigenvalue weighted by Crippen LogP contribution is 2.31. The molecule has 1 aromatic carbocycles. The minimum absolute atomic E-state index is 0.0911. The number of allylic oxidation sites excluding steroid dienone is 6. The summed E-state index contributed by atoms with van der Waals surface area (Å²) in [6.07, 6.45) is 7.99. The minimum Gasteiger partial charge on any atom is -0.508 e. The molecule has 2 N–H and O–H groups in total. The van der Waals surface area contributed by atoms with Crippen molar-refractivity contribution in [2.75, 3.05) is 0 Å². The Morgan fingerprint density at radius 1 is 1.22 bits per heavy atom. The quantitative estimate of drug-likeness (QED) is 0.300. The number of nitrogens with one attached hydrogen (secondary N) is 1. The number of aliphatic hydroxyl groups excluding tert-OH is 1. The molecule has 1 aromatic rings. The van der Waals surface area contributed by atoms with Gasteiger partial charge in [0.25, 0.3) is 0 Å². The second kappa shape index (κ2) is 15.6. The van der Waals surface area contributed by atoms with E-state index in [1.807, 2.05) is 34.6 Å². The van der Waals surface area contributed by atoms with Crippen LogP contribution in [0.3, 0.4) is 0 Å². The largest absolute Gasteiger partial charge is 0.508 e. The van der Waals surface area contributed by atoms with Gasteiger partial charge in [-0.05, 0) is 75.6 Å². The van der Waals surface area contributed by atoms with Gasteiger partial charge in [0.1, 0.15) is 11.6 Å². The number of benzene rings is 1. The van der Waals surface area contributed by atoms with Gasteiger partial charge in [0.05, 0.1) is 5.92 Å². The van der Waals surface area contributed by atoms with Gasteiger partial charge in [0, 0.05) is 17.7 Å². The molecule has 1 fully saturated rings. The molecule has 0 bridgehead atoms. The Morgan fingerprint density at radius 2 is 1.75 bits per heavy atom. The maximum absolute atomic E-state index is 12.9. The lowest BCUT2D eigenvalue weighted by molar-refractivity contribution is -0.128. The van der Waals surface area contributed by atoms with Crippen LogP contribution in [0.5, 0.6) is 0 Å². The first-order chi connectivity index (χ1) is 15.2. The summed E-state index contributed by atoms with van der Waals surface area (Å²) < 4.78 is 12.9. The Morgan fingerprint density at radius 3 is 2.19 bits per heavy atom. The molecule has 0 saturated carbocycles. The van der Waals surface area contributed by atoms with Crippen molar-refractivity contribution in [1.82, 2.24) is 5.32 Å². The molecule has 1 amide bonds. The Hall–Kier alpha value is -3.21. The highest BCUT2D eigenvalue weighted by Gasteiger charge is 2.35. The van der Waals surface area contributed by atoms with Crippen LogP contribution in [0.4, 0.5) is 4.39 Å². The van der Waals surface area contributed by atoms with Crippen LogP contribution >= 0.6 is 0 Å². The van der Waals surface area contributed by atoms with Crippen LogP contribution in [0, 0.1) is 11.7 Å². The summed E-state index contributed by atoms with van der Waals surface area (Å²) in [4.78, 5) is 23.9. The Bertz CT molecular complexity index is 873. The van der Waals surface area contributed by atoms with Crippen molar-refractivity contribution >= 4 is 11.7 Å². The molecule has 1 atom stereocenters. The molecule has 1 aliphatic carbocycles. The van der Waals surface area contributed by atoms with E-state index in [0.717, 1.165) is 11.3 Å². The SMILES string of the molecule is C=C(C)C.C=CC.CC.O=C(CC[C@H]1C(=O)N/C1=C1\C=CC(O)=CC1)c1ccc(F)cc1. The van der Waals surface area contributed by atoms with E-state index < -0.39 is 0 Å². The van der Waals surface area contributed by atoms with Gasteiger partial charge in [-0.2, -0.15) is 0 Å². The maximum Gasteiger partial charge on any atom is 0.233 e. The van der Waals surface area contributed by atoms with Crippen LogP contribution in [-0.4, -0.2) is 16.8 Å². The molecule has 1 heterocycles. The molecular formula is C27H36FNO3. The van der Waals surface area contributed by atoms with Crippen molar-refractivity contribution in [1.29, 1.82) is 0 Å². The van der Waals surface area contributed by atoms with Gasteiger partial charge in [-0.15, -0.1) is 13.2 Å². The number of β-lactam (4-membered cyclic amide) rings is 1. The molecule has 174 valence electrons. The van der Waals surface area contributed by atoms with Crippen molar-refractivity contribution < 1.29 is 19.1 Å². The molecule has 0 spiro atoms. The third kappa shape index (κ3) is 10.2. The molecule has 1 aliphatic heterocycles. The average molecular weight is 442 g/mol. The second-order valence-corrected chi connectivity index (χ2v) is 7.23. The maximum atomic E-state index is 12.9. The summed E-state index contributed by atoms with van der Waals surface area (Å²) in [5.74, 6) is -0.680. The molecule has 2 aliphatic rings. The molecule has 5 heteroatoms. The van der Waals surface area contributed by atoms with Crippen molar-refractivity contribution in [3.05, 3.63) is 95.7 Å². The van der Waals surface area contributed by atoms with Gasteiger partial charge in [0.2, 0.25) is 5.91 Å². The van der Waals surface area contributed by atoms with Gasteiger partial charge in [0.15, 0.2) is 5.78 Å². The number of hydrogen-bond acceptors (Lipinski definition) is 3. The summed E-state index contributed by atoms with van der Waals surface area (Å²) in [7, 11) is 0. The predicted octanol–water partition coefficient (Wildman–Crippen LogP) is 6.99. The fourth-order valence-electron chi connectivity index (χ4n) is 2.73. The van der Waals surface area contributed by atoms with E-state index in [1.54, 1.807) is 24.3 Å². The van der Waals surface area contributed by atoms with E-state index in [-0.39, 0.29) is 35.6 Å². The number of rotatable bonds is 4. The third-order valence-electron chi connectivity index (χ3n) is 4.08. The summed E-state index contributed by atoms with van der Waals surface area (Å²) in [6.45, 7) is 16.8. The molecule has 32 heavy (non-hydrogen) atoms. The first-order valence-corrected chi connectivity index (χ1v) is 10.8. The Kier molecular flexibility index (Phi) is 14.0. The molecule has 4 nitrogen and oxygen atoms in total. The summed E-state index contributed by atoms with van der Waals surface area (Å²) >= 11 is 0. The first kappa shape index (κ1) is 28.8. The Balaban J connectivity index is 0.000000926. The zero-order valence-electron chi connectivity index (χ0n) is 19.9. The fraction of sp³-hybridized carbons (Fsp3) is 0.333. The van der Waals surface area contributed by atoms with E-state index in [4.69, 9.17) is 0 Å². The summed E-state index contributed by atoms with van der Waals surface area (Å²) in [6, 6.07) is 5.41. The van der Waals surface area contributed by atoms with Crippen molar-refractivity contribution in [3.63, 3.8) is 0 Å². The van der Waals surface area contributed by atoms with Gasteiger partial charge in [-0.1, -0.05) is 31.6 Å². The lowest BCUT2D eigenvalue weighted by atomic mass is 9.85. The van der Waals surface area contributed by atoms with Gasteiger partial charge >= 0.3 is 0 Å². The smallest absolute Gasteiger partial charge is 0.233 e. The molecular weight excluding hydrogens is 405 g/mol. The average Bonchev–Trinajstić information content (AvgIpc) is 2.75. The van der Waals surface area contributed by atoms with Crippen LogP contribution in [0.15, 0.2) is 84.3 Å². The molecule has 0 unspecified atom stereocenters. The number of aliphatic hydroxyl groups is 1. The second-order valence-electron chi connectivity index (χ2n) is 7.23. The summed E-state index contributed by atoms with van der Waals surface area (Å²) in [5, 5.41) is 12.1. The predicted molar refractivity (Wildman–Crippen MR) is 131 cm³/mol. The van der Waals surface area contributed by atoms with Gasteiger partial charge in [-0.25, -0.2) is 4.39 Å². The van der Waals surface area contributed by atoms with E-state index in [2.05, 4.69) is 18.5 Å². The molecule has 0 radical (unpaired) electrons. The normalized spacial score (nSPS) is 18.0. The monoisotopic (exact) mass is 441 g/mol.